The highest BCUT2D eigenvalue weighted by Gasteiger charge is 2.13. The van der Waals surface area contributed by atoms with Crippen molar-refractivity contribution in [3.8, 4) is 0 Å². The van der Waals surface area contributed by atoms with E-state index in [9.17, 15) is 0 Å². The Balaban J connectivity index is 1.84. The second-order valence-corrected chi connectivity index (χ2v) is 5.47. The fourth-order valence-corrected chi connectivity index (χ4v) is 3.12. The van der Waals surface area contributed by atoms with Gasteiger partial charge < -0.3 is 0 Å². The van der Waals surface area contributed by atoms with Crippen molar-refractivity contribution in [2.45, 2.75) is 12.3 Å². The maximum Gasteiger partial charge on any atom is 0.193 e. The lowest BCUT2D eigenvalue weighted by molar-refractivity contribution is 0.752. The Bertz CT molecular complexity index is 601. The van der Waals surface area contributed by atoms with Crippen molar-refractivity contribution in [1.29, 1.82) is 0 Å². The van der Waals surface area contributed by atoms with E-state index in [1.54, 1.807) is 11.3 Å². The summed E-state index contributed by atoms with van der Waals surface area (Å²) in [5.74, 6) is 0.951. The molecule has 1 aromatic carbocycles. The first-order valence-electron chi connectivity index (χ1n) is 5.89. The molecule has 4 heteroatoms. The minimum absolute atomic E-state index is 0.331. The third-order valence-corrected chi connectivity index (χ3v) is 4.20. The summed E-state index contributed by atoms with van der Waals surface area (Å²) in [6.45, 7) is 0. The van der Waals surface area contributed by atoms with Gasteiger partial charge in [0.15, 0.2) is 4.96 Å². The number of hydrogen-bond donors (Lipinski definition) is 0. The fourth-order valence-electron chi connectivity index (χ4n) is 2.11. The molecule has 1 atom stereocenters. The molecule has 0 radical (unpaired) electrons. The van der Waals surface area contributed by atoms with Gasteiger partial charge >= 0.3 is 0 Å². The first-order valence-corrected chi connectivity index (χ1v) is 7.30. The summed E-state index contributed by atoms with van der Waals surface area (Å²) in [5.41, 5.74) is 2.39. The molecule has 0 saturated heterocycles. The number of thiazole rings is 1. The largest absolute Gasteiger partial charge is 0.297 e. The average molecular weight is 277 g/mol. The molecule has 0 N–H and O–H groups in total. The SMILES string of the molecule is ClCC(Cc1cn2ccsc2n1)c1ccccc1. The number of hydrogen-bond acceptors (Lipinski definition) is 2. The maximum atomic E-state index is 6.09. The number of benzene rings is 1. The smallest absolute Gasteiger partial charge is 0.193 e. The van der Waals surface area contributed by atoms with Gasteiger partial charge in [0.1, 0.15) is 0 Å². The van der Waals surface area contributed by atoms with Crippen molar-refractivity contribution in [3.63, 3.8) is 0 Å². The fraction of sp³-hybridized carbons (Fsp3) is 0.214. The van der Waals surface area contributed by atoms with Crippen molar-refractivity contribution in [2.24, 2.45) is 0 Å². The predicted octanol–water partition coefficient (Wildman–Crippen LogP) is 3.96. The number of alkyl halides is 1. The summed E-state index contributed by atoms with van der Waals surface area (Å²) < 4.78 is 2.07. The van der Waals surface area contributed by atoms with E-state index in [-0.39, 0.29) is 0 Å². The number of imidazole rings is 1. The lowest BCUT2D eigenvalue weighted by Crippen LogP contribution is -2.04. The van der Waals surface area contributed by atoms with E-state index in [4.69, 9.17) is 11.6 Å². The Morgan fingerprint density at radius 3 is 2.83 bits per heavy atom. The van der Waals surface area contributed by atoms with Crippen LogP contribution in [-0.2, 0) is 6.42 Å². The van der Waals surface area contributed by atoms with Crippen molar-refractivity contribution in [2.75, 3.05) is 5.88 Å². The number of nitrogens with zero attached hydrogens (tertiary/aromatic N) is 2. The maximum absolute atomic E-state index is 6.09. The van der Waals surface area contributed by atoms with Crippen LogP contribution in [0.3, 0.4) is 0 Å². The average Bonchev–Trinajstić information content (AvgIpc) is 2.97. The van der Waals surface area contributed by atoms with Gasteiger partial charge in [0.05, 0.1) is 5.69 Å². The van der Waals surface area contributed by atoms with Gasteiger partial charge in [-0.3, -0.25) is 4.40 Å². The lowest BCUT2D eigenvalue weighted by atomic mass is 9.96. The molecule has 2 nitrogen and oxygen atoms in total. The number of rotatable bonds is 4. The Morgan fingerprint density at radius 1 is 1.28 bits per heavy atom. The van der Waals surface area contributed by atoms with E-state index < -0.39 is 0 Å². The zero-order valence-electron chi connectivity index (χ0n) is 9.79. The Labute approximate surface area is 115 Å². The molecule has 3 rings (SSSR count). The van der Waals surface area contributed by atoms with Crippen LogP contribution < -0.4 is 0 Å². The summed E-state index contributed by atoms with van der Waals surface area (Å²) in [6.07, 6.45) is 5.02. The molecule has 0 aliphatic rings. The molecule has 92 valence electrons. The molecule has 0 aliphatic heterocycles. The van der Waals surface area contributed by atoms with E-state index in [1.807, 2.05) is 17.6 Å². The van der Waals surface area contributed by atoms with E-state index >= 15 is 0 Å². The molecule has 0 spiro atoms. The molecule has 18 heavy (non-hydrogen) atoms. The van der Waals surface area contributed by atoms with E-state index in [0.717, 1.165) is 17.1 Å². The number of halogens is 1. The van der Waals surface area contributed by atoms with Gasteiger partial charge in [-0.05, 0) is 12.0 Å². The van der Waals surface area contributed by atoms with E-state index in [0.29, 0.717) is 11.8 Å². The normalized spacial score (nSPS) is 12.9. The lowest BCUT2D eigenvalue weighted by Gasteiger charge is -2.12. The minimum atomic E-state index is 0.331. The van der Waals surface area contributed by atoms with Crippen LogP contribution in [0, 0.1) is 0 Å². The zero-order valence-corrected chi connectivity index (χ0v) is 11.4. The van der Waals surface area contributed by atoms with Crippen LogP contribution >= 0.6 is 22.9 Å². The molecule has 1 unspecified atom stereocenters. The Hall–Kier alpha value is -1.32. The molecule has 0 amide bonds. The van der Waals surface area contributed by atoms with Gasteiger partial charge in [-0.2, -0.15) is 0 Å². The summed E-state index contributed by atoms with van der Waals surface area (Å²) in [7, 11) is 0. The molecular weight excluding hydrogens is 264 g/mol. The molecule has 0 aliphatic carbocycles. The molecule has 3 aromatic rings. The van der Waals surface area contributed by atoms with Gasteiger partial charge in [-0.25, -0.2) is 4.98 Å². The summed E-state index contributed by atoms with van der Waals surface area (Å²) in [5, 5.41) is 2.04. The second-order valence-electron chi connectivity index (χ2n) is 4.29. The highest BCUT2D eigenvalue weighted by Crippen LogP contribution is 2.23. The van der Waals surface area contributed by atoms with Crippen LogP contribution in [0.2, 0.25) is 0 Å². The van der Waals surface area contributed by atoms with Gasteiger partial charge in [0, 0.05) is 29.6 Å². The van der Waals surface area contributed by atoms with E-state index in [2.05, 4.69) is 39.8 Å². The highest BCUT2D eigenvalue weighted by atomic mass is 35.5. The van der Waals surface area contributed by atoms with Gasteiger partial charge in [0.25, 0.3) is 0 Å². The van der Waals surface area contributed by atoms with Crippen molar-refractivity contribution < 1.29 is 0 Å². The van der Waals surface area contributed by atoms with Crippen LogP contribution in [0.1, 0.15) is 17.2 Å². The monoisotopic (exact) mass is 276 g/mol. The molecule has 0 bridgehead atoms. The van der Waals surface area contributed by atoms with E-state index in [1.165, 1.54) is 5.56 Å². The Morgan fingerprint density at radius 2 is 2.11 bits per heavy atom. The third kappa shape index (κ3) is 2.28. The summed E-state index contributed by atoms with van der Waals surface area (Å²) in [6, 6.07) is 10.4. The highest BCUT2D eigenvalue weighted by molar-refractivity contribution is 7.15. The van der Waals surface area contributed by atoms with Crippen molar-refractivity contribution >= 4 is 27.9 Å². The van der Waals surface area contributed by atoms with Crippen molar-refractivity contribution in [1.82, 2.24) is 9.38 Å². The molecule has 0 saturated carbocycles. The zero-order chi connectivity index (χ0) is 12.4. The van der Waals surface area contributed by atoms with Crippen LogP contribution in [0.4, 0.5) is 0 Å². The first-order chi connectivity index (χ1) is 8.86. The molecule has 2 aromatic heterocycles. The van der Waals surface area contributed by atoms with Gasteiger partial charge in [0.2, 0.25) is 0 Å². The predicted molar refractivity (Wildman–Crippen MR) is 76.7 cm³/mol. The second kappa shape index (κ2) is 5.12. The summed E-state index contributed by atoms with van der Waals surface area (Å²) in [4.78, 5) is 5.66. The number of fused-ring (bicyclic) bond motifs is 1. The Kier molecular flexibility index (Phi) is 3.35. The molecule has 0 fully saturated rings. The molecule has 2 heterocycles. The third-order valence-electron chi connectivity index (χ3n) is 3.06. The van der Waals surface area contributed by atoms with Crippen LogP contribution in [0.5, 0.6) is 0 Å². The van der Waals surface area contributed by atoms with Crippen LogP contribution in [-0.4, -0.2) is 15.3 Å². The van der Waals surface area contributed by atoms with Crippen molar-refractivity contribution in [3.05, 3.63) is 59.4 Å². The number of aromatic nitrogens is 2. The van der Waals surface area contributed by atoms with Crippen LogP contribution in [0.15, 0.2) is 48.1 Å². The quantitative estimate of drug-likeness (QED) is 0.659. The van der Waals surface area contributed by atoms with Gasteiger partial charge in [-0.15, -0.1) is 22.9 Å². The van der Waals surface area contributed by atoms with Crippen LogP contribution in [0.25, 0.3) is 4.96 Å². The standard InChI is InChI=1S/C14H13ClN2S/c15-9-12(11-4-2-1-3-5-11)8-13-10-17-6-7-18-14(17)16-13/h1-7,10,12H,8-9H2. The topological polar surface area (TPSA) is 17.3 Å². The summed E-state index contributed by atoms with van der Waals surface area (Å²) >= 11 is 7.75. The first kappa shape index (κ1) is 11.8. The molecular formula is C14H13ClN2S. The van der Waals surface area contributed by atoms with Gasteiger partial charge in [-0.1, -0.05) is 30.3 Å². The minimum Gasteiger partial charge on any atom is -0.297 e.